The maximum atomic E-state index is 5.18. The highest BCUT2D eigenvalue weighted by Crippen LogP contribution is 2.50. The summed E-state index contributed by atoms with van der Waals surface area (Å²) in [6.45, 7) is 2.20. The Morgan fingerprint density at radius 1 is 0.475 bits per heavy atom. The lowest BCUT2D eigenvalue weighted by Crippen LogP contribution is -2.05. The maximum absolute atomic E-state index is 5.18. The second-order valence-corrected chi connectivity index (χ2v) is 10.3. The van der Waals surface area contributed by atoms with Gasteiger partial charge in [-0.2, -0.15) is 0 Å². The molecule has 0 amide bonds. The number of benzene rings is 5. The van der Waals surface area contributed by atoms with Crippen molar-refractivity contribution in [2.75, 3.05) is 0 Å². The number of nitrogens with zero attached hydrogens (tertiary/aromatic N) is 3. The highest BCUT2D eigenvalue weighted by Gasteiger charge is 2.27. The summed E-state index contributed by atoms with van der Waals surface area (Å²) in [5.41, 5.74) is 13.7. The molecule has 0 bridgehead atoms. The van der Waals surface area contributed by atoms with Gasteiger partial charge in [0.05, 0.1) is 16.9 Å². The molecule has 0 N–H and O–H groups in total. The fourth-order valence-corrected chi connectivity index (χ4v) is 6.21. The Balaban J connectivity index is 1.48. The van der Waals surface area contributed by atoms with E-state index in [0.29, 0.717) is 5.95 Å². The first kappa shape index (κ1) is 22.7. The molecule has 40 heavy (non-hydrogen) atoms. The summed E-state index contributed by atoms with van der Waals surface area (Å²) in [7, 11) is 0. The molecule has 0 fully saturated rings. The Kier molecular flexibility index (Phi) is 5.04. The third-order valence-electron chi connectivity index (χ3n) is 7.99. The van der Waals surface area contributed by atoms with E-state index in [2.05, 4.69) is 133 Å². The molecule has 0 spiro atoms. The van der Waals surface area contributed by atoms with Crippen molar-refractivity contribution >= 4 is 10.9 Å². The van der Waals surface area contributed by atoms with E-state index in [-0.39, 0.29) is 0 Å². The molecule has 7 aromatic rings. The van der Waals surface area contributed by atoms with Gasteiger partial charge in [-0.3, -0.25) is 4.57 Å². The molecule has 3 heteroatoms. The molecule has 2 heterocycles. The number of fused-ring (bicyclic) bond motifs is 5. The average Bonchev–Trinajstić information content (AvgIpc) is 3.26. The Bertz CT molecular complexity index is 2000. The minimum absolute atomic E-state index is 0.678. The summed E-state index contributed by atoms with van der Waals surface area (Å²) in [5.74, 6) is 0.678. The molecular formula is C37H25N3. The van der Waals surface area contributed by atoms with Crippen molar-refractivity contribution in [1.82, 2.24) is 14.5 Å². The molecule has 8 rings (SSSR count). The monoisotopic (exact) mass is 511 g/mol. The number of aromatic nitrogens is 3. The number of hydrogen-bond donors (Lipinski definition) is 0. The molecule has 0 saturated heterocycles. The lowest BCUT2D eigenvalue weighted by atomic mass is 9.94. The van der Waals surface area contributed by atoms with Crippen molar-refractivity contribution in [1.29, 1.82) is 0 Å². The van der Waals surface area contributed by atoms with E-state index in [1.54, 1.807) is 0 Å². The van der Waals surface area contributed by atoms with Crippen LogP contribution in [0.1, 0.15) is 5.69 Å². The molecule has 0 saturated carbocycles. The van der Waals surface area contributed by atoms with Gasteiger partial charge < -0.3 is 0 Å². The highest BCUT2D eigenvalue weighted by atomic mass is 15.2. The Hall–Kier alpha value is -5.28. The first-order chi connectivity index (χ1) is 19.8. The third-order valence-corrected chi connectivity index (χ3v) is 7.99. The molecule has 0 atom stereocenters. The second kappa shape index (κ2) is 8.89. The van der Waals surface area contributed by atoms with E-state index >= 15 is 0 Å². The minimum atomic E-state index is 0.678. The fourth-order valence-electron chi connectivity index (χ4n) is 6.21. The second-order valence-electron chi connectivity index (χ2n) is 10.3. The van der Waals surface area contributed by atoms with Crippen LogP contribution < -0.4 is 0 Å². The van der Waals surface area contributed by atoms with Gasteiger partial charge in [0, 0.05) is 27.8 Å². The van der Waals surface area contributed by atoms with Gasteiger partial charge in [0.25, 0.3) is 0 Å². The van der Waals surface area contributed by atoms with Crippen LogP contribution in [0.2, 0.25) is 0 Å². The van der Waals surface area contributed by atoms with Gasteiger partial charge in [0.1, 0.15) is 0 Å². The van der Waals surface area contributed by atoms with Crippen molar-refractivity contribution in [3.05, 3.63) is 139 Å². The van der Waals surface area contributed by atoms with E-state index < -0.39 is 0 Å². The van der Waals surface area contributed by atoms with Crippen molar-refractivity contribution in [3.8, 4) is 61.8 Å². The quantitative estimate of drug-likeness (QED) is 0.237. The lowest BCUT2D eigenvalue weighted by Gasteiger charge is -2.14. The molecule has 3 nitrogen and oxygen atoms in total. The SMILES string of the molecule is Cc1c2c3c(cccc3n1-c1nc(-c3ccccc3)cc(-c3ccccc3)n1)-c1ccccc1-c1ccccc1-2. The van der Waals surface area contributed by atoms with Crippen molar-refractivity contribution < 1.29 is 0 Å². The minimum Gasteiger partial charge on any atom is -0.282 e. The van der Waals surface area contributed by atoms with E-state index in [0.717, 1.165) is 33.7 Å². The number of rotatable bonds is 3. The van der Waals surface area contributed by atoms with Crippen LogP contribution in [0.4, 0.5) is 0 Å². The van der Waals surface area contributed by atoms with Gasteiger partial charge in [-0.15, -0.1) is 0 Å². The summed E-state index contributed by atoms with van der Waals surface area (Å²) in [4.78, 5) is 10.4. The largest absolute Gasteiger partial charge is 0.282 e. The van der Waals surface area contributed by atoms with Crippen LogP contribution in [0.5, 0.6) is 0 Å². The van der Waals surface area contributed by atoms with Gasteiger partial charge in [-0.05, 0) is 46.9 Å². The third kappa shape index (κ3) is 3.38. The number of hydrogen-bond acceptors (Lipinski definition) is 2. The van der Waals surface area contributed by atoms with Crippen molar-refractivity contribution in [2.45, 2.75) is 6.92 Å². The van der Waals surface area contributed by atoms with Gasteiger partial charge in [-0.1, -0.05) is 121 Å². The summed E-state index contributed by atoms with van der Waals surface area (Å²) in [5, 5.41) is 1.24. The molecule has 2 aromatic heterocycles. The molecular weight excluding hydrogens is 486 g/mol. The summed E-state index contributed by atoms with van der Waals surface area (Å²) in [6, 6.07) is 46.9. The molecule has 188 valence electrons. The van der Waals surface area contributed by atoms with Crippen molar-refractivity contribution in [2.24, 2.45) is 0 Å². The van der Waals surface area contributed by atoms with E-state index in [1.807, 2.05) is 12.1 Å². The average molecular weight is 512 g/mol. The Labute approximate surface area is 233 Å². The van der Waals surface area contributed by atoms with Crippen LogP contribution in [0.3, 0.4) is 0 Å². The van der Waals surface area contributed by atoms with Crippen molar-refractivity contribution in [3.63, 3.8) is 0 Å². The van der Waals surface area contributed by atoms with Crippen LogP contribution in [0, 0.1) is 6.92 Å². The van der Waals surface area contributed by atoms with E-state index in [1.165, 1.54) is 38.8 Å². The van der Waals surface area contributed by atoms with E-state index in [9.17, 15) is 0 Å². The molecule has 0 aliphatic heterocycles. The molecule has 1 aliphatic carbocycles. The first-order valence-electron chi connectivity index (χ1n) is 13.6. The predicted molar refractivity (Wildman–Crippen MR) is 164 cm³/mol. The lowest BCUT2D eigenvalue weighted by molar-refractivity contribution is 0.935. The smallest absolute Gasteiger partial charge is 0.235 e. The Morgan fingerprint density at radius 2 is 0.950 bits per heavy atom. The molecule has 0 unspecified atom stereocenters. The van der Waals surface area contributed by atoms with E-state index in [4.69, 9.17) is 9.97 Å². The normalized spacial score (nSPS) is 11.6. The van der Waals surface area contributed by atoms with Gasteiger partial charge in [0.2, 0.25) is 5.95 Å². The summed E-state index contributed by atoms with van der Waals surface area (Å²) in [6.07, 6.45) is 0. The zero-order chi connectivity index (χ0) is 26.6. The fraction of sp³-hybridized carbons (Fsp3) is 0.0270. The zero-order valence-electron chi connectivity index (χ0n) is 22.0. The molecule has 5 aromatic carbocycles. The molecule has 0 radical (unpaired) electrons. The summed E-state index contributed by atoms with van der Waals surface area (Å²) < 4.78 is 2.25. The zero-order valence-corrected chi connectivity index (χ0v) is 22.0. The molecule has 1 aliphatic rings. The topological polar surface area (TPSA) is 30.7 Å². The standard InChI is InChI=1S/C37H25N3/c1-24-35-30-20-11-10-18-28(30)27-17-8-9-19-29(27)31-21-12-22-34(36(31)35)40(24)37-38-32(25-13-4-2-5-14-25)23-33(39-37)26-15-6-3-7-16-26/h2-23H,1H3. The maximum Gasteiger partial charge on any atom is 0.235 e. The van der Waals surface area contributed by atoms with Gasteiger partial charge >= 0.3 is 0 Å². The predicted octanol–water partition coefficient (Wildman–Crippen LogP) is 9.38. The first-order valence-corrected chi connectivity index (χ1v) is 13.6. The van der Waals surface area contributed by atoms with Gasteiger partial charge in [0.15, 0.2) is 0 Å². The van der Waals surface area contributed by atoms with Crippen LogP contribution in [0.25, 0.3) is 72.7 Å². The van der Waals surface area contributed by atoms with Gasteiger partial charge in [-0.25, -0.2) is 9.97 Å². The van der Waals surface area contributed by atoms with Crippen LogP contribution in [-0.2, 0) is 0 Å². The van der Waals surface area contributed by atoms with Crippen LogP contribution in [-0.4, -0.2) is 14.5 Å². The Morgan fingerprint density at radius 3 is 1.55 bits per heavy atom. The van der Waals surface area contributed by atoms with Crippen LogP contribution in [0.15, 0.2) is 133 Å². The van der Waals surface area contributed by atoms with Crippen LogP contribution >= 0.6 is 0 Å². The summed E-state index contributed by atoms with van der Waals surface area (Å²) >= 11 is 0. The highest BCUT2D eigenvalue weighted by molar-refractivity contribution is 6.14.